The van der Waals surface area contributed by atoms with Crippen molar-refractivity contribution in [2.45, 2.75) is 6.92 Å². The SMILES string of the molecule is CCOc1cc(C#N)cc(Br)c1OC(=O)c1csc(-c2ccsc2)n1. The minimum atomic E-state index is -0.580. The van der Waals surface area contributed by atoms with Gasteiger partial charge < -0.3 is 9.47 Å². The zero-order chi connectivity index (χ0) is 17.8. The number of ether oxygens (including phenoxy) is 2. The largest absolute Gasteiger partial charge is 0.490 e. The van der Waals surface area contributed by atoms with Gasteiger partial charge in [0.25, 0.3) is 0 Å². The van der Waals surface area contributed by atoms with Crippen molar-refractivity contribution in [3.63, 3.8) is 0 Å². The van der Waals surface area contributed by atoms with Crippen molar-refractivity contribution in [1.82, 2.24) is 4.98 Å². The van der Waals surface area contributed by atoms with Gasteiger partial charge in [-0.1, -0.05) is 0 Å². The number of rotatable bonds is 5. The number of esters is 1. The second kappa shape index (κ2) is 7.78. The number of hydrogen-bond donors (Lipinski definition) is 0. The molecular formula is C17H11BrN2O3S2. The predicted molar refractivity (Wildman–Crippen MR) is 100 cm³/mol. The number of hydrogen-bond acceptors (Lipinski definition) is 7. The average Bonchev–Trinajstić information content (AvgIpc) is 3.28. The fourth-order valence-corrected chi connectivity index (χ4v) is 4.05. The zero-order valence-corrected chi connectivity index (χ0v) is 16.2. The number of nitrogens with zero attached hydrogens (tertiary/aromatic N) is 2. The van der Waals surface area contributed by atoms with Crippen LogP contribution in [0.25, 0.3) is 10.6 Å². The minimum Gasteiger partial charge on any atom is -0.490 e. The quantitative estimate of drug-likeness (QED) is 0.411. The second-order valence-corrected chi connectivity index (χ2v) is 7.26. The van der Waals surface area contributed by atoms with E-state index in [1.807, 2.05) is 29.8 Å². The molecule has 0 aliphatic rings. The number of thiazole rings is 1. The zero-order valence-electron chi connectivity index (χ0n) is 13.0. The molecule has 0 fully saturated rings. The maximum Gasteiger partial charge on any atom is 0.363 e. The summed E-state index contributed by atoms with van der Waals surface area (Å²) in [6, 6.07) is 7.09. The molecule has 3 aromatic rings. The first kappa shape index (κ1) is 17.6. The number of aromatic nitrogens is 1. The van der Waals surface area contributed by atoms with Crippen LogP contribution in [0.4, 0.5) is 0 Å². The normalized spacial score (nSPS) is 10.3. The Labute approximate surface area is 160 Å². The maximum atomic E-state index is 12.4. The first-order valence-electron chi connectivity index (χ1n) is 7.19. The number of carbonyl (C=O) groups excluding carboxylic acids is 1. The number of thiophene rings is 1. The molecule has 25 heavy (non-hydrogen) atoms. The van der Waals surface area contributed by atoms with Gasteiger partial charge in [-0.2, -0.15) is 16.6 Å². The van der Waals surface area contributed by atoms with Gasteiger partial charge in [0.1, 0.15) is 5.01 Å². The summed E-state index contributed by atoms with van der Waals surface area (Å²) >= 11 is 6.27. The highest BCUT2D eigenvalue weighted by Gasteiger charge is 2.20. The van der Waals surface area contributed by atoms with Crippen molar-refractivity contribution in [2.24, 2.45) is 0 Å². The van der Waals surface area contributed by atoms with E-state index in [4.69, 9.17) is 14.7 Å². The summed E-state index contributed by atoms with van der Waals surface area (Å²) in [6.45, 7) is 2.19. The van der Waals surface area contributed by atoms with E-state index in [0.717, 1.165) is 10.6 Å². The summed E-state index contributed by atoms with van der Waals surface area (Å²) in [7, 11) is 0. The highest BCUT2D eigenvalue weighted by molar-refractivity contribution is 9.10. The Bertz CT molecular complexity index is 945. The Kier molecular flexibility index (Phi) is 5.48. The van der Waals surface area contributed by atoms with Crippen LogP contribution in [0.5, 0.6) is 11.5 Å². The number of benzene rings is 1. The first-order valence-corrected chi connectivity index (χ1v) is 9.80. The molecule has 126 valence electrons. The van der Waals surface area contributed by atoms with Crippen LogP contribution >= 0.6 is 38.6 Å². The average molecular weight is 435 g/mol. The van der Waals surface area contributed by atoms with Crippen molar-refractivity contribution in [3.8, 4) is 28.1 Å². The Hall–Kier alpha value is -2.21. The van der Waals surface area contributed by atoms with Crippen LogP contribution in [0.2, 0.25) is 0 Å². The van der Waals surface area contributed by atoms with E-state index in [0.29, 0.717) is 22.4 Å². The third-order valence-corrected chi connectivity index (χ3v) is 5.28. The van der Waals surface area contributed by atoms with Gasteiger partial charge in [-0.05, 0) is 40.4 Å². The highest BCUT2D eigenvalue weighted by atomic mass is 79.9. The van der Waals surface area contributed by atoms with Crippen molar-refractivity contribution >= 4 is 44.6 Å². The second-order valence-electron chi connectivity index (χ2n) is 4.77. The van der Waals surface area contributed by atoms with Crippen LogP contribution in [-0.4, -0.2) is 17.6 Å². The molecule has 0 unspecified atom stereocenters. The van der Waals surface area contributed by atoms with Crippen molar-refractivity contribution in [3.05, 3.63) is 50.1 Å². The fourth-order valence-electron chi connectivity index (χ4n) is 2.03. The van der Waals surface area contributed by atoms with Crippen LogP contribution < -0.4 is 9.47 Å². The maximum absolute atomic E-state index is 12.4. The predicted octanol–water partition coefficient (Wildman–Crippen LogP) is 5.12. The van der Waals surface area contributed by atoms with Crippen LogP contribution in [-0.2, 0) is 0 Å². The molecule has 3 rings (SSSR count). The molecule has 0 aliphatic carbocycles. The smallest absolute Gasteiger partial charge is 0.363 e. The summed E-state index contributed by atoms with van der Waals surface area (Å²) in [5.74, 6) is -0.0184. The number of halogens is 1. The summed E-state index contributed by atoms with van der Waals surface area (Å²) in [5.41, 5.74) is 1.61. The lowest BCUT2D eigenvalue weighted by molar-refractivity contribution is 0.0722. The molecule has 5 nitrogen and oxygen atoms in total. The van der Waals surface area contributed by atoms with Gasteiger partial charge in [0, 0.05) is 22.4 Å². The molecule has 0 saturated carbocycles. The van der Waals surface area contributed by atoms with Crippen LogP contribution in [0.15, 0.2) is 38.8 Å². The molecule has 0 amide bonds. The van der Waals surface area contributed by atoms with Gasteiger partial charge in [0.05, 0.1) is 22.7 Å². The molecule has 0 aliphatic heterocycles. The molecule has 0 N–H and O–H groups in total. The molecule has 0 spiro atoms. The van der Waals surface area contributed by atoms with E-state index in [9.17, 15) is 4.79 Å². The number of nitriles is 1. The molecule has 0 saturated heterocycles. The molecule has 1 aromatic carbocycles. The Balaban J connectivity index is 1.87. The first-order chi connectivity index (χ1) is 12.1. The molecule has 2 aromatic heterocycles. The molecule has 0 atom stereocenters. The van der Waals surface area contributed by atoms with Crippen LogP contribution in [0, 0.1) is 11.3 Å². The monoisotopic (exact) mass is 434 g/mol. The van der Waals surface area contributed by atoms with Gasteiger partial charge in [-0.15, -0.1) is 11.3 Å². The van der Waals surface area contributed by atoms with E-state index in [2.05, 4.69) is 20.9 Å². The lowest BCUT2D eigenvalue weighted by atomic mass is 10.2. The molecule has 0 bridgehead atoms. The minimum absolute atomic E-state index is 0.227. The van der Waals surface area contributed by atoms with Crippen LogP contribution in [0.3, 0.4) is 0 Å². The fraction of sp³-hybridized carbons (Fsp3) is 0.118. The van der Waals surface area contributed by atoms with Gasteiger partial charge in [-0.25, -0.2) is 9.78 Å². The summed E-state index contributed by atoms with van der Waals surface area (Å²) < 4.78 is 11.4. The van der Waals surface area contributed by atoms with E-state index >= 15 is 0 Å². The van der Waals surface area contributed by atoms with E-state index in [1.54, 1.807) is 22.8 Å². The van der Waals surface area contributed by atoms with Crippen LogP contribution in [0.1, 0.15) is 23.0 Å². The lowest BCUT2D eigenvalue weighted by Gasteiger charge is -2.12. The Morgan fingerprint density at radius 1 is 1.40 bits per heavy atom. The van der Waals surface area contributed by atoms with E-state index in [1.165, 1.54) is 17.4 Å². The third-order valence-electron chi connectivity index (χ3n) is 3.11. The molecular weight excluding hydrogens is 424 g/mol. The van der Waals surface area contributed by atoms with Gasteiger partial charge in [0.2, 0.25) is 0 Å². The number of carbonyl (C=O) groups is 1. The van der Waals surface area contributed by atoms with Crippen molar-refractivity contribution in [1.29, 1.82) is 5.26 Å². The van der Waals surface area contributed by atoms with E-state index < -0.39 is 5.97 Å². The van der Waals surface area contributed by atoms with Gasteiger partial charge in [0.15, 0.2) is 17.2 Å². The van der Waals surface area contributed by atoms with Crippen molar-refractivity contribution < 1.29 is 14.3 Å². The third kappa shape index (κ3) is 3.90. The lowest BCUT2D eigenvalue weighted by Crippen LogP contribution is -2.10. The Morgan fingerprint density at radius 2 is 2.24 bits per heavy atom. The summed E-state index contributed by atoms with van der Waals surface area (Å²) in [6.07, 6.45) is 0. The molecule has 8 heteroatoms. The Morgan fingerprint density at radius 3 is 2.92 bits per heavy atom. The molecule has 2 heterocycles. The topological polar surface area (TPSA) is 72.2 Å². The van der Waals surface area contributed by atoms with Crippen molar-refractivity contribution in [2.75, 3.05) is 6.61 Å². The summed E-state index contributed by atoms with van der Waals surface area (Å²) in [4.78, 5) is 16.8. The standard InChI is InChI=1S/C17H11BrN2O3S2/c1-2-22-14-6-10(7-19)5-12(18)15(14)23-17(21)13-9-25-16(20-13)11-3-4-24-8-11/h3-6,8-9H,2H2,1H3. The highest BCUT2D eigenvalue weighted by Crippen LogP contribution is 2.37. The van der Waals surface area contributed by atoms with Gasteiger partial charge in [-0.3, -0.25) is 0 Å². The summed E-state index contributed by atoms with van der Waals surface area (Å²) in [5, 5.41) is 15.4. The van der Waals surface area contributed by atoms with Gasteiger partial charge >= 0.3 is 5.97 Å². The van der Waals surface area contributed by atoms with E-state index in [-0.39, 0.29) is 11.4 Å². The molecule has 0 radical (unpaired) electrons.